The van der Waals surface area contributed by atoms with Crippen LogP contribution in [0.15, 0.2) is 30.3 Å². The van der Waals surface area contributed by atoms with Crippen molar-refractivity contribution in [2.24, 2.45) is 11.5 Å². The largest absolute Gasteiger partial charge is 0.370 e. The van der Waals surface area contributed by atoms with Gasteiger partial charge >= 0.3 is 0 Å². The van der Waals surface area contributed by atoms with Gasteiger partial charge in [-0.1, -0.05) is 18.2 Å². The second-order valence-electron chi connectivity index (χ2n) is 5.03. The zero-order chi connectivity index (χ0) is 15.2. The lowest BCUT2D eigenvalue weighted by molar-refractivity contribution is -0.122. The van der Waals surface area contributed by atoms with Crippen LogP contribution in [0.2, 0.25) is 0 Å². The summed E-state index contributed by atoms with van der Waals surface area (Å²) in [6, 6.07) is 9.38. The third-order valence-electron chi connectivity index (χ3n) is 3.32. The molecule has 0 aliphatic heterocycles. The van der Waals surface area contributed by atoms with Gasteiger partial charge in [0.05, 0.1) is 6.04 Å². The number of H-pyrrole nitrogens is 1. The van der Waals surface area contributed by atoms with Gasteiger partial charge in [0.15, 0.2) is 0 Å². The van der Waals surface area contributed by atoms with Gasteiger partial charge in [0.25, 0.3) is 0 Å². The fraction of sp³-hybridized carbons (Fsp3) is 0.333. The molecule has 0 unspecified atom stereocenters. The van der Waals surface area contributed by atoms with E-state index in [1.54, 1.807) is 0 Å². The molecule has 6 heteroatoms. The Hall–Kier alpha value is -2.34. The van der Waals surface area contributed by atoms with Gasteiger partial charge in [-0.15, -0.1) is 0 Å². The Morgan fingerprint density at radius 1 is 1.29 bits per heavy atom. The third-order valence-corrected chi connectivity index (χ3v) is 3.32. The Morgan fingerprint density at radius 3 is 2.76 bits per heavy atom. The Morgan fingerprint density at radius 2 is 2.05 bits per heavy atom. The molecule has 0 saturated carbocycles. The molecule has 21 heavy (non-hydrogen) atoms. The molecule has 6 N–H and O–H groups in total. The number of fused-ring (bicyclic) bond motifs is 1. The molecular formula is C15H20N4O2. The highest BCUT2D eigenvalue weighted by Crippen LogP contribution is 2.14. The van der Waals surface area contributed by atoms with Crippen molar-refractivity contribution in [3.63, 3.8) is 0 Å². The molecular weight excluding hydrogens is 268 g/mol. The van der Waals surface area contributed by atoms with E-state index in [9.17, 15) is 9.59 Å². The van der Waals surface area contributed by atoms with Gasteiger partial charge in [-0.3, -0.25) is 9.59 Å². The number of rotatable bonds is 7. The zero-order valence-electron chi connectivity index (χ0n) is 11.8. The number of primary amides is 1. The first-order chi connectivity index (χ1) is 10.1. The topological polar surface area (TPSA) is 114 Å². The van der Waals surface area contributed by atoms with Gasteiger partial charge in [0.1, 0.15) is 0 Å². The average Bonchev–Trinajstić information content (AvgIpc) is 2.87. The van der Waals surface area contributed by atoms with Gasteiger partial charge in [0.2, 0.25) is 11.8 Å². The zero-order valence-corrected chi connectivity index (χ0v) is 11.8. The smallest absolute Gasteiger partial charge is 0.236 e. The Bertz CT molecular complexity index is 602. The lowest BCUT2D eigenvalue weighted by Gasteiger charge is -2.10. The van der Waals surface area contributed by atoms with Crippen LogP contribution in [0.4, 0.5) is 0 Å². The Balaban J connectivity index is 1.78. The minimum absolute atomic E-state index is 0.122. The molecule has 2 rings (SSSR count). The van der Waals surface area contributed by atoms with E-state index in [-0.39, 0.29) is 18.7 Å². The van der Waals surface area contributed by atoms with Crippen LogP contribution < -0.4 is 16.8 Å². The molecule has 0 saturated heterocycles. The quantitative estimate of drug-likeness (QED) is 0.592. The van der Waals surface area contributed by atoms with Crippen LogP contribution in [0, 0.1) is 0 Å². The van der Waals surface area contributed by atoms with Crippen molar-refractivity contribution in [1.29, 1.82) is 0 Å². The van der Waals surface area contributed by atoms with Crippen LogP contribution in [0.5, 0.6) is 0 Å². The standard InChI is InChI=1S/C15H20N4O2/c16-12(5-6-14(17)20)15(21)18-8-7-11-9-10-3-1-2-4-13(10)19-11/h1-4,9,12,19H,5-8,16H2,(H2,17,20)(H,18,21)/t12-/m0/s1. The van der Waals surface area contributed by atoms with E-state index < -0.39 is 11.9 Å². The van der Waals surface area contributed by atoms with Crippen molar-refractivity contribution in [1.82, 2.24) is 10.3 Å². The molecule has 2 amide bonds. The summed E-state index contributed by atoms with van der Waals surface area (Å²) in [5, 5.41) is 3.91. The molecule has 0 fully saturated rings. The number of carbonyl (C=O) groups excluding carboxylic acids is 2. The number of carbonyl (C=O) groups is 2. The second kappa shape index (κ2) is 6.90. The maximum Gasteiger partial charge on any atom is 0.236 e. The molecule has 112 valence electrons. The number of amides is 2. The Kier molecular flexibility index (Phi) is 4.94. The number of aromatic nitrogens is 1. The van der Waals surface area contributed by atoms with Crippen LogP contribution >= 0.6 is 0 Å². The van der Waals surface area contributed by atoms with E-state index in [4.69, 9.17) is 11.5 Å². The fourth-order valence-corrected chi connectivity index (χ4v) is 2.15. The van der Waals surface area contributed by atoms with Crippen molar-refractivity contribution >= 4 is 22.7 Å². The number of para-hydroxylation sites is 1. The van der Waals surface area contributed by atoms with E-state index in [1.165, 1.54) is 0 Å². The first-order valence-corrected chi connectivity index (χ1v) is 6.94. The number of benzene rings is 1. The maximum atomic E-state index is 11.7. The first kappa shape index (κ1) is 15.1. The second-order valence-corrected chi connectivity index (χ2v) is 5.03. The molecule has 0 bridgehead atoms. The summed E-state index contributed by atoms with van der Waals surface area (Å²) in [5.41, 5.74) is 12.8. The van der Waals surface area contributed by atoms with Crippen LogP contribution in [0.3, 0.4) is 0 Å². The van der Waals surface area contributed by atoms with Crippen molar-refractivity contribution in [2.75, 3.05) is 6.54 Å². The van der Waals surface area contributed by atoms with E-state index in [0.29, 0.717) is 13.0 Å². The number of aromatic amines is 1. The number of nitrogens with one attached hydrogen (secondary N) is 2. The number of hydrogen-bond acceptors (Lipinski definition) is 3. The first-order valence-electron chi connectivity index (χ1n) is 6.94. The molecule has 2 aromatic rings. The highest BCUT2D eigenvalue weighted by molar-refractivity contribution is 5.83. The fourth-order valence-electron chi connectivity index (χ4n) is 2.15. The van der Waals surface area contributed by atoms with Gasteiger partial charge < -0.3 is 21.8 Å². The monoisotopic (exact) mass is 288 g/mol. The summed E-state index contributed by atoms with van der Waals surface area (Å²) < 4.78 is 0. The van der Waals surface area contributed by atoms with Crippen molar-refractivity contribution in [2.45, 2.75) is 25.3 Å². The summed E-state index contributed by atoms with van der Waals surface area (Å²) in [6.07, 6.45) is 1.09. The van der Waals surface area contributed by atoms with Crippen LogP contribution in [-0.2, 0) is 16.0 Å². The average molecular weight is 288 g/mol. The molecule has 1 heterocycles. The SMILES string of the molecule is NC(=O)CC[C@H](N)C(=O)NCCc1cc2ccccc2[nH]1. The normalized spacial score (nSPS) is 12.2. The summed E-state index contributed by atoms with van der Waals surface area (Å²) in [6.45, 7) is 0.496. The van der Waals surface area contributed by atoms with Gasteiger partial charge in [0, 0.05) is 30.6 Å². The van der Waals surface area contributed by atoms with Crippen molar-refractivity contribution < 1.29 is 9.59 Å². The molecule has 1 atom stereocenters. The van der Waals surface area contributed by atoms with Gasteiger partial charge in [-0.2, -0.15) is 0 Å². The molecule has 6 nitrogen and oxygen atoms in total. The van der Waals surface area contributed by atoms with Crippen LogP contribution in [-0.4, -0.2) is 29.4 Å². The minimum atomic E-state index is -0.694. The van der Waals surface area contributed by atoms with E-state index in [1.807, 2.05) is 24.3 Å². The Labute approximate surface area is 122 Å². The summed E-state index contributed by atoms with van der Waals surface area (Å²) in [5.74, 6) is -0.705. The summed E-state index contributed by atoms with van der Waals surface area (Å²) in [7, 11) is 0. The lowest BCUT2D eigenvalue weighted by Crippen LogP contribution is -2.41. The molecule has 1 aromatic carbocycles. The van der Waals surface area contributed by atoms with E-state index >= 15 is 0 Å². The molecule has 0 spiro atoms. The highest BCUT2D eigenvalue weighted by atomic mass is 16.2. The van der Waals surface area contributed by atoms with E-state index in [2.05, 4.69) is 16.4 Å². The molecule has 1 aromatic heterocycles. The third kappa shape index (κ3) is 4.32. The van der Waals surface area contributed by atoms with Crippen LogP contribution in [0.25, 0.3) is 10.9 Å². The minimum Gasteiger partial charge on any atom is -0.370 e. The number of nitrogens with two attached hydrogens (primary N) is 2. The van der Waals surface area contributed by atoms with E-state index in [0.717, 1.165) is 16.6 Å². The van der Waals surface area contributed by atoms with Gasteiger partial charge in [-0.05, 0) is 23.9 Å². The van der Waals surface area contributed by atoms with Gasteiger partial charge in [-0.25, -0.2) is 0 Å². The number of hydrogen-bond donors (Lipinski definition) is 4. The summed E-state index contributed by atoms with van der Waals surface area (Å²) >= 11 is 0. The van der Waals surface area contributed by atoms with Crippen molar-refractivity contribution in [3.8, 4) is 0 Å². The molecule has 0 aliphatic carbocycles. The van der Waals surface area contributed by atoms with Crippen LogP contribution in [0.1, 0.15) is 18.5 Å². The molecule has 0 radical (unpaired) electrons. The lowest BCUT2D eigenvalue weighted by atomic mass is 10.1. The predicted molar refractivity (Wildman–Crippen MR) is 81.4 cm³/mol. The highest BCUT2D eigenvalue weighted by Gasteiger charge is 2.13. The maximum absolute atomic E-state index is 11.7. The predicted octanol–water partition coefficient (Wildman–Crippen LogP) is 0.419. The van der Waals surface area contributed by atoms with Crippen molar-refractivity contribution in [3.05, 3.63) is 36.0 Å². The molecule has 0 aliphatic rings. The summed E-state index contributed by atoms with van der Waals surface area (Å²) in [4.78, 5) is 25.7.